The minimum absolute atomic E-state index is 0.214. The van der Waals surface area contributed by atoms with Gasteiger partial charge in [-0.15, -0.1) is 0 Å². The Kier molecular flexibility index (Phi) is 3.31. The van der Waals surface area contributed by atoms with Gasteiger partial charge in [0.15, 0.2) is 0 Å². The van der Waals surface area contributed by atoms with Gasteiger partial charge >= 0.3 is 0 Å². The summed E-state index contributed by atoms with van der Waals surface area (Å²) in [6.07, 6.45) is 4.42. The highest BCUT2D eigenvalue weighted by molar-refractivity contribution is 5.91. The van der Waals surface area contributed by atoms with Gasteiger partial charge in [-0.25, -0.2) is 0 Å². The lowest BCUT2D eigenvalue weighted by Crippen LogP contribution is -2.43. The summed E-state index contributed by atoms with van der Waals surface area (Å²) in [5, 5.41) is 3.46. The molecule has 1 aromatic rings. The van der Waals surface area contributed by atoms with Crippen molar-refractivity contribution in [2.75, 3.05) is 20.1 Å². The second kappa shape index (κ2) is 4.97. The molecule has 0 spiro atoms. The molecule has 1 saturated heterocycles. The molecule has 0 bridgehead atoms. The molecular weight excluding hydrogens is 236 g/mol. The fourth-order valence-corrected chi connectivity index (χ4v) is 3.20. The fourth-order valence-electron chi connectivity index (χ4n) is 3.20. The summed E-state index contributed by atoms with van der Waals surface area (Å²) in [6, 6.07) is 10.7. The number of nitrogens with zero attached hydrogens (tertiary/aromatic N) is 1. The van der Waals surface area contributed by atoms with Crippen LogP contribution < -0.4 is 5.32 Å². The van der Waals surface area contributed by atoms with Crippen LogP contribution in [0.4, 0.5) is 0 Å². The van der Waals surface area contributed by atoms with E-state index in [4.69, 9.17) is 0 Å². The zero-order valence-electron chi connectivity index (χ0n) is 11.6. The summed E-state index contributed by atoms with van der Waals surface area (Å²) >= 11 is 0. The number of carbonyl (C=O) groups is 1. The molecule has 102 valence electrons. The van der Waals surface area contributed by atoms with Crippen molar-refractivity contribution < 1.29 is 4.79 Å². The molecule has 1 aromatic carbocycles. The summed E-state index contributed by atoms with van der Waals surface area (Å²) in [5.41, 5.74) is 0.973. The van der Waals surface area contributed by atoms with Gasteiger partial charge in [0.05, 0.1) is 5.41 Å². The van der Waals surface area contributed by atoms with E-state index >= 15 is 0 Å². The van der Waals surface area contributed by atoms with E-state index in [0.29, 0.717) is 11.9 Å². The highest BCUT2D eigenvalue weighted by Crippen LogP contribution is 2.49. The lowest BCUT2D eigenvalue weighted by Gasteiger charge is -2.26. The smallest absolute Gasteiger partial charge is 0.233 e. The molecule has 0 radical (unpaired) electrons. The molecule has 3 rings (SSSR count). The second-order valence-electron chi connectivity index (χ2n) is 5.93. The topological polar surface area (TPSA) is 32.3 Å². The predicted molar refractivity (Wildman–Crippen MR) is 76.0 cm³/mol. The molecule has 1 amide bonds. The zero-order chi connectivity index (χ0) is 13.3. The Morgan fingerprint density at radius 1 is 1.37 bits per heavy atom. The number of hydrogen-bond donors (Lipinski definition) is 1. The first-order valence-electron chi connectivity index (χ1n) is 7.27. The van der Waals surface area contributed by atoms with Crippen molar-refractivity contribution in [2.24, 2.45) is 0 Å². The average Bonchev–Trinajstić information content (AvgIpc) is 3.11. The van der Waals surface area contributed by atoms with Crippen LogP contribution in [-0.4, -0.2) is 37.0 Å². The van der Waals surface area contributed by atoms with E-state index in [-0.39, 0.29) is 5.41 Å². The van der Waals surface area contributed by atoms with Crippen LogP contribution in [0.1, 0.15) is 31.2 Å². The van der Waals surface area contributed by atoms with Crippen molar-refractivity contribution in [1.82, 2.24) is 10.2 Å². The van der Waals surface area contributed by atoms with E-state index in [0.717, 1.165) is 25.9 Å². The first-order chi connectivity index (χ1) is 9.22. The SMILES string of the molecule is CN(CC1CCCN1)C(=O)C1(c2ccccc2)CC1. The van der Waals surface area contributed by atoms with Crippen molar-refractivity contribution in [3.05, 3.63) is 35.9 Å². The van der Waals surface area contributed by atoms with Gasteiger partial charge in [0.2, 0.25) is 5.91 Å². The molecule has 3 heteroatoms. The number of amides is 1. The highest BCUT2D eigenvalue weighted by Gasteiger charge is 2.52. The van der Waals surface area contributed by atoms with Crippen molar-refractivity contribution >= 4 is 5.91 Å². The highest BCUT2D eigenvalue weighted by atomic mass is 16.2. The first kappa shape index (κ1) is 12.7. The number of benzene rings is 1. The summed E-state index contributed by atoms with van der Waals surface area (Å²) in [5.74, 6) is 0.299. The maximum absolute atomic E-state index is 12.7. The van der Waals surface area contributed by atoms with Crippen LogP contribution in [0.2, 0.25) is 0 Å². The third-order valence-corrected chi connectivity index (χ3v) is 4.49. The molecule has 1 unspecified atom stereocenters. The molecule has 1 saturated carbocycles. The van der Waals surface area contributed by atoms with Crippen molar-refractivity contribution in [2.45, 2.75) is 37.1 Å². The van der Waals surface area contributed by atoms with Gasteiger partial charge < -0.3 is 10.2 Å². The summed E-state index contributed by atoms with van der Waals surface area (Å²) in [4.78, 5) is 14.6. The van der Waals surface area contributed by atoms with Gasteiger partial charge in [-0.05, 0) is 37.8 Å². The number of carbonyl (C=O) groups excluding carboxylic acids is 1. The van der Waals surface area contributed by atoms with E-state index < -0.39 is 0 Å². The molecule has 2 aliphatic rings. The summed E-state index contributed by atoms with van der Waals surface area (Å²) < 4.78 is 0. The Morgan fingerprint density at radius 2 is 2.11 bits per heavy atom. The minimum Gasteiger partial charge on any atom is -0.343 e. The molecule has 1 atom stereocenters. The largest absolute Gasteiger partial charge is 0.343 e. The molecule has 1 aliphatic carbocycles. The number of hydrogen-bond acceptors (Lipinski definition) is 2. The van der Waals surface area contributed by atoms with Gasteiger partial charge in [0, 0.05) is 19.6 Å². The molecule has 1 heterocycles. The molecule has 2 fully saturated rings. The molecule has 1 aliphatic heterocycles. The lowest BCUT2D eigenvalue weighted by molar-refractivity contribution is -0.132. The van der Waals surface area contributed by atoms with Crippen LogP contribution in [0.15, 0.2) is 30.3 Å². The van der Waals surface area contributed by atoms with Gasteiger partial charge in [-0.2, -0.15) is 0 Å². The average molecular weight is 258 g/mol. The molecule has 3 nitrogen and oxygen atoms in total. The van der Waals surface area contributed by atoms with Crippen LogP contribution in [0.3, 0.4) is 0 Å². The first-order valence-corrected chi connectivity index (χ1v) is 7.27. The number of nitrogens with one attached hydrogen (secondary N) is 1. The second-order valence-corrected chi connectivity index (χ2v) is 5.93. The minimum atomic E-state index is -0.214. The normalized spacial score (nSPS) is 24.2. The molecule has 0 aromatic heterocycles. The standard InChI is InChI=1S/C16H22N2O/c1-18(12-14-8-5-11-17-14)15(19)16(9-10-16)13-6-3-2-4-7-13/h2-4,6-7,14,17H,5,8-12H2,1H3. The maximum atomic E-state index is 12.7. The van der Waals surface area contributed by atoms with Crippen LogP contribution >= 0.6 is 0 Å². The quantitative estimate of drug-likeness (QED) is 0.895. The Bertz CT molecular complexity index is 447. The maximum Gasteiger partial charge on any atom is 0.233 e. The Balaban J connectivity index is 1.69. The van der Waals surface area contributed by atoms with E-state index in [1.807, 2.05) is 30.1 Å². The van der Waals surface area contributed by atoms with Crippen LogP contribution in [0, 0.1) is 0 Å². The zero-order valence-corrected chi connectivity index (χ0v) is 11.6. The molecular formula is C16H22N2O. The summed E-state index contributed by atoms with van der Waals surface area (Å²) in [6.45, 7) is 1.93. The third kappa shape index (κ3) is 2.39. The number of rotatable bonds is 4. The number of likely N-dealkylation sites (N-methyl/N-ethyl adjacent to an activating group) is 1. The summed E-state index contributed by atoms with van der Waals surface area (Å²) in [7, 11) is 1.95. The van der Waals surface area contributed by atoms with Crippen molar-refractivity contribution in [3.63, 3.8) is 0 Å². The lowest BCUT2D eigenvalue weighted by atomic mass is 9.94. The third-order valence-electron chi connectivity index (χ3n) is 4.49. The van der Waals surface area contributed by atoms with Crippen molar-refractivity contribution in [3.8, 4) is 0 Å². The van der Waals surface area contributed by atoms with Gasteiger partial charge in [-0.1, -0.05) is 30.3 Å². The van der Waals surface area contributed by atoms with E-state index in [9.17, 15) is 4.79 Å². The molecule has 19 heavy (non-hydrogen) atoms. The van der Waals surface area contributed by atoms with Crippen LogP contribution in [0.5, 0.6) is 0 Å². The van der Waals surface area contributed by atoms with Gasteiger partial charge in [0.1, 0.15) is 0 Å². The van der Waals surface area contributed by atoms with Gasteiger partial charge in [-0.3, -0.25) is 4.79 Å². The monoisotopic (exact) mass is 258 g/mol. The Hall–Kier alpha value is -1.35. The van der Waals surface area contributed by atoms with Crippen molar-refractivity contribution in [1.29, 1.82) is 0 Å². The Labute approximate surface area is 115 Å². The molecule has 1 N–H and O–H groups in total. The fraction of sp³-hybridized carbons (Fsp3) is 0.562. The van der Waals surface area contributed by atoms with E-state index in [1.165, 1.54) is 18.4 Å². The van der Waals surface area contributed by atoms with E-state index in [1.54, 1.807) is 0 Å². The van der Waals surface area contributed by atoms with Crippen LogP contribution in [-0.2, 0) is 10.2 Å². The Morgan fingerprint density at radius 3 is 2.68 bits per heavy atom. The van der Waals surface area contributed by atoms with Crippen LogP contribution in [0.25, 0.3) is 0 Å². The predicted octanol–water partition coefficient (Wildman–Crippen LogP) is 1.93. The van der Waals surface area contributed by atoms with Gasteiger partial charge in [0.25, 0.3) is 0 Å². The van der Waals surface area contributed by atoms with E-state index in [2.05, 4.69) is 17.4 Å².